The van der Waals surface area contributed by atoms with E-state index >= 15 is 0 Å². The third-order valence-electron chi connectivity index (χ3n) is 2.52. The van der Waals surface area contributed by atoms with Crippen molar-refractivity contribution in [3.63, 3.8) is 0 Å². The second-order valence-electron chi connectivity index (χ2n) is 4.13. The summed E-state index contributed by atoms with van der Waals surface area (Å²) in [6.07, 6.45) is 2.48. The van der Waals surface area contributed by atoms with Crippen LogP contribution in [0, 0.1) is 18.8 Å². The van der Waals surface area contributed by atoms with E-state index in [-0.39, 0.29) is 6.10 Å². The minimum absolute atomic E-state index is 0.263. The Labute approximate surface area is 109 Å². The number of benzene rings is 1. The van der Waals surface area contributed by atoms with Crippen molar-refractivity contribution in [2.24, 2.45) is 0 Å². The largest absolute Gasteiger partial charge is 0.491 e. The molecule has 0 aliphatic rings. The Bertz CT molecular complexity index is 415. The first-order valence-corrected chi connectivity index (χ1v) is 6.53. The monoisotopic (exact) mass is 250 g/mol. The van der Waals surface area contributed by atoms with E-state index < -0.39 is 0 Å². The highest BCUT2D eigenvalue weighted by Gasteiger charge is 2.04. The Hall–Kier alpha value is -1.13. The van der Waals surface area contributed by atoms with Gasteiger partial charge in [-0.15, -0.1) is 11.6 Å². The van der Waals surface area contributed by atoms with Crippen molar-refractivity contribution in [1.29, 1.82) is 0 Å². The van der Waals surface area contributed by atoms with Crippen molar-refractivity contribution < 1.29 is 4.74 Å². The van der Waals surface area contributed by atoms with E-state index in [2.05, 4.69) is 25.7 Å². The van der Waals surface area contributed by atoms with Gasteiger partial charge in [-0.2, -0.15) is 0 Å². The smallest absolute Gasteiger partial charge is 0.120 e. The van der Waals surface area contributed by atoms with Gasteiger partial charge >= 0.3 is 0 Å². The first-order chi connectivity index (χ1) is 8.17. The van der Waals surface area contributed by atoms with Crippen LogP contribution in [0.1, 0.15) is 37.8 Å². The molecule has 0 saturated heterocycles. The number of alkyl halides is 1. The van der Waals surface area contributed by atoms with Crippen LogP contribution in [0.5, 0.6) is 5.75 Å². The highest BCUT2D eigenvalue weighted by Crippen LogP contribution is 2.18. The topological polar surface area (TPSA) is 9.23 Å². The lowest BCUT2D eigenvalue weighted by Crippen LogP contribution is -2.11. The molecule has 1 rings (SSSR count). The fourth-order valence-corrected chi connectivity index (χ4v) is 1.74. The molecule has 0 fully saturated rings. The standard InChI is InChI=1S/C15H19ClO/c1-4-6-13(3)17-15-9-8-14(7-5-10-16)12(2)11-15/h8-9,11,13H,4,6,10H2,1-3H3. The van der Waals surface area contributed by atoms with E-state index in [0.717, 1.165) is 29.7 Å². The maximum absolute atomic E-state index is 5.82. The van der Waals surface area contributed by atoms with Crippen LogP contribution >= 0.6 is 11.6 Å². The lowest BCUT2D eigenvalue weighted by molar-refractivity contribution is 0.210. The van der Waals surface area contributed by atoms with Crippen LogP contribution in [-0.4, -0.2) is 12.0 Å². The van der Waals surface area contributed by atoms with Gasteiger partial charge in [0.15, 0.2) is 0 Å². The zero-order chi connectivity index (χ0) is 12.7. The molecule has 92 valence electrons. The summed E-state index contributed by atoms with van der Waals surface area (Å²) in [5.74, 6) is 7.17. The fourth-order valence-electron chi connectivity index (χ4n) is 1.68. The first kappa shape index (κ1) is 13.9. The Morgan fingerprint density at radius 3 is 2.76 bits per heavy atom. The van der Waals surface area contributed by atoms with Crippen molar-refractivity contribution in [2.45, 2.75) is 39.7 Å². The van der Waals surface area contributed by atoms with E-state index in [9.17, 15) is 0 Å². The van der Waals surface area contributed by atoms with E-state index in [1.165, 1.54) is 0 Å². The minimum Gasteiger partial charge on any atom is -0.491 e. The molecule has 0 spiro atoms. The number of ether oxygens (including phenoxy) is 1. The zero-order valence-electron chi connectivity index (χ0n) is 10.7. The SMILES string of the molecule is CCCC(C)Oc1ccc(C#CCCl)c(C)c1. The molecular formula is C15H19ClO. The van der Waals surface area contributed by atoms with Crippen LogP contribution in [-0.2, 0) is 0 Å². The number of halogens is 1. The number of hydrogen-bond donors (Lipinski definition) is 0. The first-order valence-electron chi connectivity index (χ1n) is 5.99. The van der Waals surface area contributed by atoms with Crippen molar-refractivity contribution >= 4 is 11.6 Å². The molecular weight excluding hydrogens is 232 g/mol. The second-order valence-corrected chi connectivity index (χ2v) is 4.40. The Kier molecular flexibility index (Phi) is 5.94. The minimum atomic E-state index is 0.263. The van der Waals surface area contributed by atoms with E-state index in [1.54, 1.807) is 0 Å². The third kappa shape index (κ3) is 4.71. The van der Waals surface area contributed by atoms with Gasteiger partial charge in [-0.05, 0) is 44.0 Å². The molecule has 17 heavy (non-hydrogen) atoms. The van der Waals surface area contributed by atoms with Gasteiger partial charge in [0.05, 0.1) is 12.0 Å². The summed E-state index contributed by atoms with van der Waals surface area (Å²) < 4.78 is 5.82. The second kappa shape index (κ2) is 7.25. The molecule has 1 unspecified atom stereocenters. The normalized spacial score (nSPS) is 11.5. The summed E-state index contributed by atoms with van der Waals surface area (Å²) in [5.41, 5.74) is 2.14. The third-order valence-corrected chi connectivity index (χ3v) is 2.65. The quantitative estimate of drug-likeness (QED) is 0.576. The predicted octanol–water partition coefficient (Wildman–Crippen LogP) is 4.15. The number of rotatable bonds is 4. The van der Waals surface area contributed by atoms with Gasteiger partial charge in [-0.3, -0.25) is 0 Å². The van der Waals surface area contributed by atoms with Crippen molar-refractivity contribution in [2.75, 3.05) is 5.88 Å². The molecule has 1 aromatic rings. The Morgan fingerprint density at radius 2 is 2.18 bits per heavy atom. The summed E-state index contributed by atoms with van der Waals surface area (Å²) in [7, 11) is 0. The highest BCUT2D eigenvalue weighted by molar-refractivity contribution is 6.19. The van der Waals surface area contributed by atoms with Crippen molar-refractivity contribution in [3.05, 3.63) is 29.3 Å². The van der Waals surface area contributed by atoms with Gasteiger partial charge in [0.2, 0.25) is 0 Å². The van der Waals surface area contributed by atoms with Crippen LogP contribution in [0.2, 0.25) is 0 Å². The van der Waals surface area contributed by atoms with Gasteiger partial charge in [-0.25, -0.2) is 0 Å². The van der Waals surface area contributed by atoms with Gasteiger partial charge in [0.25, 0.3) is 0 Å². The van der Waals surface area contributed by atoms with Crippen molar-refractivity contribution in [1.82, 2.24) is 0 Å². The summed E-state index contributed by atoms with van der Waals surface area (Å²) in [6, 6.07) is 5.99. The van der Waals surface area contributed by atoms with Crippen LogP contribution in [0.25, 0.3) is 0 Å². The van der Waals surface area contributed by atoms with Crippen molar-refractivity contribution in [3.8, 4) is 17.6 Å². The Balaban J connectivity index is 2.75. The molecule has 1 aromatic carbocycles. The zero-order valence-corrected chi connectivity index (χ0v) is 11.5. The van der Waals surface area contributed by atoms with E-state index in [0.29, 0.717) is 5.88 Å². The average Bonchev–Trinajstić information content (AvgIpc) is 2.28. The van der Waals surface area contributed by atoms with E-state index in [1.807, 2.05) is 25.1 Å². The molecule has 0 aliphatic heterocycles. The summed E-state index contributed by atoms with van der Waals surface area (Å²) in [4.78, 5) is 0. The number of aryl methyl sites for hydroxylation is 1. The molecule has 1 nitrogen and oxygen atoms in total. The maximum atomic E-state index is 5.82. The number of hydrogen-bond acceptors (Lipinski definition) is 1. The van der Waals surface area contributed by atoms with Crippen LogP contribution in [0.3, 0.4) is 0 Å². The van der Waals surface area contributed by atoms with Crippen LogP contribution in [0.15, 0.2) is 18.2 Å². The molecule has 0 N–H and O–H groups in total. The van der Waals surface area contributed by atoms with Gasteiger partial charge in [-0.1, -0.05) is 25.2 Å². The van der Waals surface area contributed by atoms with Crippen LogP contribution < -0.4 is 4.74 Å². The molecule has 0 aromatic heterocycles. The molecule has 0 heterocycles. The van der Waals surface area contributed by atoms with Crippen LogP contribution in [0.4, 0.5) is 0 Å². The van der Waals surface area contributed by atoms with E-state index in [4.69, 9.17) is 16.3 Å². The fraction of sp³-hybridized carbons (Fsp3) is 0.467. The highest BCUT2D eigenvalue weighted by atomic mass is 35.5. The molecule has 1 atom stereocenters. The molecule has 0 bridgehead atoms. The molecule has 2 heteroatoms. The summed E-state index contributed by atoms with van der Waals surface area (Å²) >= 11 is 5.54. The summed E-state index contributed by atoms with van der Waals surface area (Å²) in [6.45, 7) is 6.30. The maximum Gasteiger partial charge on any atom is 0.120 e. The van der Waals surface area contributed by atoms with Gasteiger partial charge in [0.1, 0.15) is 5.75 Å². The predicted molar refractivity (Wildman–Crippen MR) is 73.8 cm³/mol. The molecule has 0 aliphatic carbocycles. The molecule has 0 amide bonds. The molecule has 0 radical (unpaired) electrons. The lowest BCUT2D eigenvalue weighted by atomic mass is 10.1. The molecule has 0 saturated carbocycles. The Morgan fingerprint density at radius 1 is 1.41 bits per heavy atom. The van der Waals surface area contributed by atoms with Gasteiger partial charge in [0, 0.05) is 5.56 Å². The lowest BCUT2D eigenvalue weighted by Gasteiger charge is -2.14. The summed E-state index contributed by atoms with van der Waals surface area (Å²) in [5, 5.41) is 0. The average molecular weight is 251 g/mol. The van der Waals surface area contributed by atoms with Gasteiger partial charge < -0.3 is 4.74 Å².